The summed E-state index contributed by atoms with van der Waals surface area (Å²) >= 11 is 0. The molecule has 0 rings (SSSR count). The average molecular weight is 197 g/mol. The Labute approximate surface area is 91.5 Å². The Morgan fingerprint density at radius 2 is 1.50 bits per heavy atom. The second-order valence-corrected chi connectivity index (χ2v) is 5.59. The standard InChI is InChI=1S/C14H29/c1-5-6-7-8-9-10-11-12-13-14(2,3)4/h11H,5-10,12-13H2,1-4H3. The summed E-state index contributed by atoms with van der Waals surface area (Å²) in [5, 5.41) is 0. The predicted octanol–water partition coefficient (Wildman–Crippen LogP) is 5.38. The molecule has 14 heavy (non-hydrogen) atoms. The van der Waals surface area contributed by atoms with Gasteiger partial charge in [0.15, 0.2) is 0 Å². The van der Waals surface area contributed by atoms with Crippen LogP contribution in [0.3, 0.4) is 0 Å². The van der Waals surface area contributed by atoms with Gasteiger partial charge in [-0.05, 0) is 24.7 Å². The van der Waals surface area contributed by atoms with Crippen molar-refractivity contribution < 1.29 is 0 Å². The lowest BCUT2D eigenvalue weighted by atomic mass is 9.89. The first-order valence-electron chi connectivity index (χ1n) is 6.38. The zero-order valence-electron chi connectivity index (χ0n) is 10.7. The van der Waals surface area contributed by atoms with Crippen LogP contribution in [-0.4, -0.2) is 0 Å². The van der Waals surface area contributed by atoms with Gasteiger partial charge >= 0.3 is 0 Å². The lowest BCUT2D eigenvalue weighted by molar-refractivity contribution is 0.374. The second kappa shape index (κ2) is 8.32. The Bertz CT molecular complexity index is 108. The molecule has 1 radical (unpaired) electrons. The highest BCUT2D eigenvalue weighted by atomic mass is 14.1. The largest absolute Gasteiger partial charge is 0.0654 e. The summed E-state index contributed by atoms with van der Waals surface area (Å²) in [6, 6.07) is 0. The molecule has 0 aliphatic rings. The number of hydrogen-bond acceptors (Lipinski definition) is 0. The summed E-state index contributed by atoms with van der Waals surface area (Å²) in [5.74, 6) is 0. The van der Waals surface area contributed by atoms with Crippen LogP contribution in [0, 0.1) is 11.8 Å². The van der Waals surface area contributed by atoms with Crippen LogP contribution in [0.5, 0.6) is 0 Å². The molecule has 85 valence electrons. The predicted molar refractivity (Wildman–Crippen MR) is 66.4 cm³/mol. The quantitative estimate of drug-likeness (QED) is 0.458. The Hall–Kier alpha value is 0. The maximum Gasteiger partial charge on any atom is -0.0383 e. The number of rotatable bonds is 8. The third-order valence-corrected chi connectivity index (χ3v) is 2.61. The smallest absolute Gasteiger partial charge is 0.0383 e. The molecule has 0 saturated carbocycles. The molecule has 0 heterocycles. The molecule has 0 nitrogen and oxygen atoms in total. The van der Waals surface area contributed by atoms with Crippen molar-refractivity contribution in [1.82, 2.24) is 0 Å². The van der Waals surface area contributed by atoms with Crippen molar-refractivity contribution >= 4 is 0 Å². The van der Waals surface area contributed by atoms with Crippen molar-refractivity contribution in [2.45, 2.75) is 79.1 Å². The Balaban J connectivity index is 2.99. The van der Waals surface area contributed by atoms with Gasteiger partial charge in [0, 0.05) is 0 Å². The van der Waals surface area contributed by atoms with E-state index in [4.69, 9.17) is 0 Å². The van der Waals surface area contributed by atoms with Crippen LogP contribution in [0.1, 0.15) is 79.1 Å². The van der Waals surface area contributed by atoms with E-state index in [0.29, 0.717) is 5.41 Å². The molecule has 0 bridgehead atoms. The van der Waals surface area contributed by atoms with Crippen LogP contribution >= 0.6 is 0 Å². The fourth-order valence-electron chi connectivity index (χ4n) is 1.57. The monoisotopic (exact) mass is 197 g/mol. The van der Waals surface area contributed by atoms with E-state index in [1.54, 1.807) is 0 Å². The zero-order chi connectivity index (χ0) is 10.9. The van der Waals surface area contributed by atoms with Crippen LogP contribution in [-0.2, 0) is 0 Å². The molecule has 0 saturated heterocycles. The van der Waals surface area contributed by atoms with Gasteiger partial charge in [0.1, 0.15) is 0 Å². The van der Waals surface area contributed by atoms with Gasteiger partial charge in [-0.3, -0.25) is 0 Å². The molecule has 0 N–H and O–H groups in total. The van der Waals surface area contributed by atoms with Gasteiger partial charge in [0.05, 0.1) is 0 Å². The minimum absolute atomic E-state index is 0.513. The summed E-state index contributed by atoms with van der Waals surface area (Å²) in [6.07, 6.45) is 13.5. The molecule has 0 amide bonds. The molecule has 0 aromatic heterocycles. The summed E-state index contributed by atoms with van der Waals surface area (Å²) in [5.41, 5.74) is 0.513. The Morgan fingerprint density at radius 3 is 2.07 bits per heavy atom. The van der Waals surface area contributed by atoms with Crippen molar-refractivity contribution in [3.8, 4) is 0 Å². The van der Waals surface area contributed by atoms with Crippen LogP contribution in [0.25, 0.3) is 0 Å². The van der Waals surface area contributed by atoms with Crippen LogP contribution < -0.4 is 0 Å². The van der Waals surface area contributed by atoms with Gasteiger partial charge < -0.3 is 0 Å². The molecule has 0 fully saturated rings. The van der Waals surface area contributed by atoms with E-state index in [-0.39, 0.29) is 0 Å². The molecule has 0 heteroatoms. The van der Waals surface area contributed by atoms with Gasteiger partial charge in [0.2, 0.25) is 0 Å². The second-order valence-electron chi connectivity index (χ2n) is 5.59. The molecule has 0 aliphatic heterocycles. The van der Waals surface area contributed by atoms with E-state index >= 15 is 0 Å². The van der Waals surface area contributed by atoms with Gasteiger partial charge in [-0.25, -0.2) is 0 Å². The van der Waals surface area contributed by atoms with Crippen molar-refractivity contribution in [1.29, 1.82) is 0 Å². The zero-order valence-corrected chi connectivity index (χ0v) is 10.7. The lowest BCUT2D eigenvalue weighted by Gasteiger charge is -2.17. The van der Waals surface area contributed by atoms with E-state index in [2.05, 4.69) is 34.1 Å². The topological polar surface area (TPSA) is 0 Å². The molecule has 0 atom stereocenters. The molecule has 0 unspecified atom stereocenters. The lowest BCUT2D eigenvalue weighted by Crippen LogP contribution is -2.04. The van der Waals surface area contributed by atoms with Gasteiger partial charge in [-0.15, -0.1) is 0 Å². The summed E-state index contributed by atoms with van der Waals surface area (Å²) in [6.45, 7) is 9.24. The van der Waals surface area contributed by atoms with Crippen LogP contribution in [0.4, 0.5) is 0 Å². The van der Waals surface area contributed by atoms with E-state index in [0.717, 1.165) is 0 Å². The van der Waals surface area contributed by atoms with Crippen molar-refractivity contribution in [2.75, 3.05) is 0 Å². The van der Waals surface area contributed by atoms with E-state index in [1.165, 1.54) is 51.4 Å². The van der Waals surface area contributed by atoms with Crippen LogP contribution in [0.2, 0.25) is 0 Å². The first-order valence-corrected chi connectivity index (χ1v) is 6.38. The molecular formula is C14H29. The minimum atomic E-state index is 0.513. The maximum absolute atomic E-state index is 2.48. The van der Waals surface area contributed by atoms with E-state index in [9.17, 15) is 0 Å². The summed E-state index contributed by atoms with van der Waals surface area (Å²) in [7, 11) is 0. The third kappa shape index (κ3) is 12.0. The first kappa shape index (κ1) is 14.0. The number of unbranched alkanes of at least 4 members (excludes halogenated alkanes) is 7. The van der Waals surface area contributed by atoms with Gasteiger partial charge in [0.25, 0.3) is 0 Å². The SMILES string of the molecule is CCCCCCC[CH]CCC(C)(C)C. The van der Waals surface area contributed by atoms with E-state index in [1.807, 2.05) is 0 Å². The van der Waals surface area contributed by atoms with Crippen molar-refractivity contribution in [2.24, 2.45) is 5.41 Å². The molecule has 0 aromatic rings. The minimum Gasteiger partial charge on any atom is -0.0654 e. The number of hydrogen-bond donors (Lipinski definition) is 0. The van der Waals surface area contributed by atoms with Gasteiger partial charge in [-0.1, -0.05) is 66.2 Å². The molecule has 0 aromatic carbocycles. The first-order chi connectivity index (χ1) is 6.56. The molecule has 0 aliphatic carbocycles. The summed E-state index contributed by atoms with van der Waals surface area (Å²) in [4.78, 5) is 0. The Kier molecular flexibility index (Phi) is 8.32. The maximum atomic E-state index is 2.48. The van der Waals surface area contributed by atoms with Gasteiger partial charge in [-0.2, -0.15) is 0 Å². The average Bonchev–Trinajstić information content (AvgIpc) is 2.08. The van der Waals surface area contributed by atoms with E-state index < -0.39 is 0 Å². The highest BCUT2D eigenvalue weighted by molar-refractivity contribution is 4.70. The van der Waals surface area contributed by atoms with Crippen molar-refractivity contribution in [3.05, 3.63) is 6.42 Å². The summed E-state index contributed by atoms with van der Waals surface area (Å²) < 4.78 is 0. The fraction of sp³-hybridized carbons (Fsp3) is 0.929. The highest BCUT2D eigenvalue weighted by Crippen LogP contribution is 2.22. The normalized spacial score (nSPS) is 12.0. The van der Waals surface area contributed by atoms with Crippen LogP contribution in [0.15, 0.2) is 0 Å². The van der Waals surface area contributed by atoms with Crippen molar-refractivity contribution in [3.63, 3.8) is 0 Å². The fourth-order valence-corrected chi connectivity index (χ4v) is 1.57. The highest BCUT2D eigenvalue weighted by Gasteiger charge is 2.08. The molecular weight excluding hydrogens is 168 g/mol. The molecule has 0 spiro atoms. The third-order valence-electron chi connectivity index (χ3n) is 2.61. The Morgan fingerprint density at radius 1 is 0.857 bits per heavy atom.